The summed E-state index contributed by atoms with van der Waals surface area (Å²) in [7, 11) is 0. The third-order valence-corrected chi connectivity index (χ3v) is 2.41. The number of aryl methyl sites for hydroxylation is 1. The number of hydrogen-bond donors (Lipinski definition) is 2. The zero-order chi connectivity index (χ0) is 10.1. The van der Waals surface area contributed by atoms with E-state index in [0.717, 1.165) is 16.5 Å². The van der Waals surface area contributed by atoms with E-state index in [0.29, 0.717) is 5.76 Å². The second-order valence-corrected chi connectivity index (χ2v) is 3.34. The van der Waals surface area contributed by atoms with Crippen molar-refractivity contribution < 1.29 is 9.52 Å². The first kappa shape index (κ1) is 9.24. The Morgan fingerprint density at radius 2 is 2.14 bits per heavy atom. The summed E-state index contributed by atoms with van der Waals surface area (Å²) >= 11 is 0. The van der Waals surface area contributed by atoms with Gasteiger partial charge in [0.15, 0.2) is 0 Å². The van der Waals surface area contributed by atoms with Gasteiger partial charge in [-0.1, -0.05) is 18.2 Å². The minimum absolute atomic E-state index is 0.181. The molecule has 1 atom stereocenters. The molecule has 0 aliphatic carbocycles. The second-order valence-electron chi connectivity index (χ2n) is 3.34. The molecule has 2 rings (SSSR count). The molecule has 0 amide bonds. The average molecular weight is 191 g/mol. The van der Waals surface area contributed by atoms with Gasteiger partial charge in [0.25, 0.3) is 0 Å². The van der Waals surface area contributed by atoms with Crippen LogP contribution in [0.5, 0.6) is 0 Å². The van der Waals surface area contributed by atoms with Gasteiger partial charge >= 0.3 is 0 Å². The Hall–Kier alpha value is -1.32. The Kier molecular flexibility index (Phi) is 2.27. The molecule has 74 valence electrons. The SMILES string of the molecule is Cc1c([C@@H](O)CN)oc2ccccc12. The summed E-state index contributed by atoms with van der Waals surface area (Å²) in [6.07, 6.45) is -0.706. The van der Waals surface area contributed by atoms with E-state index in [-0.39, 0.29) is 6.54 Å². The van der Waals surface area contributed by atoms with Crippen LogP contribution in [0.1, 0.15) is 17.4 Å². The summed E-state index contributed by atoms with van der Waals surface area (Å²) in [4.78, 5) is 0. The Labute approximate surface area is 82.1 Å². The van der Waals surface area contributed by atoms with Crippen molar-refractivity contribution in [2.45, 2.75) is 13.0 Å². The third-order valence-electron chi connectivity index (χ3n) is 2.41. The van der Waals surface area contributed by atoms with E-state index in [1.54, 1.807) is 0 Å². The summed E-state index contributed by atoms with van der Waals surface area (Å²) < 4.78 is 5.52. The van der Waals surface area contributed by atoms with Crippen LogP contribution in [0.25, 0.3) is 11.0 Å². The maximum Gasteiger partial charge on any atom is 0.138 e. The van der Waals surface area contributed by atoms with E-state index in [1.165, 1.54) is 0 Å². The summed E-state index contributed by atoms with van der Waals surface area (Å²) in [5.41, 5.74) is 7.15. The van der Waals surface area contributed by atoms with Gasteiger partial charge in [-0.2, -0.15) is 0 Å². The van der Waals surface area contributed by atoms with Crippen LogP contribution in [0.4, 0.5) is 0 Å². The lowest BCUT2D eigenvalue weighted by Crippen LogP contribution is -2.11. The van der Waals surface area contributed by atoms with Gasteiger partial charge in [-0.15, -0.1) is 0 Å². The summed E-state index contributed by atoms with van der Waals surface area (Å²) in [6.45, 7) is 2.11. The lowest BCUT2D eigenvalue weighted by molar-refractivity contribution is 0.159. The van der Waals surface area contributed by atoms with Crippen molar-refractivity contribution in [1.82, 2.24) is 0 Å². The highest BCUT2D eigenvalue weighted by Gasteiger charge is 2.15. The quantitative estimate of drug-likeness (QED) is 0.760. The first-order valence-electron chi connectivity index (χ1n) is 4.60. The van der Waals surface area contributed by atoms with Gasteiger partial charge in [0, 0.05) is 17.5 Å². The molecule has 0 aliphatic rings. The fourth-order valence-corrected chi connectivity index (χ4v) is 1.62. The molecule has 0 bridgehead atoms. The van der Waals surface area contributed by atoms with E-state index in [2.05, 4.69) is 0 Å². The van der Waals surface area contributed by atoms with E-state index >= 15 is 0 Å². The van der Waals surface area contributed by atoms with Crippen molar-refractivity contribution in [3.63, 3.8) is 0 Å². The van der Waals surface area contributed by atoms with Crippen molar-refractivity contribution in [3.8, 4) is 0 Å². The summed E-state index contributed by atoms with van der Waals surface area (Å²) in [6, 6.07) is 7.71. The van der Waals surface area contributed by atoms with E-state index in [1.807, 2.05) is 31.2 Å². The standard InChI is InChI=1S/C11H13NO2/c1-7-8-4-2-3-5-10(8)14-11(7)9(13)6-12/h2-5,9,13H,6,12H2,1H3/t9-/m0/s1. The van der Waals surface area contributed by atoms with Crippen LogP contribution in [-0.4, -0.2) is 11.7 Å². The van der Waals surface area contributed by atoms with Gasteiger partial charge in [-0.3, -0.25) is 0 Å². The van der Waals surface area contributed by atoms with Gasteiger partial charge in [-0.05, 0) is 13.0 Å². The Morgan fingerprint density at radius 3 is 2.79 bits per heavy atom. The molecule has 3 heteroatoms. The van der Waals surface area contributed by atoms with Crippen molar-refractivity contribution >= 4 is 11.0 Å². The highest BCUT2D eigenvalue weighted by molar-refractivity contribution is 5.81. The third kappa shape index (κ3) is 1.31. The van der Waals surface area contributed by atoms with Gasteiger partial charge in [0.1, 0.15) is 17.4 Å². The van der Waals surface area contributed by atoms with E-state index < -0.39 is 6.10 Å². The van der Waals surface area contributed by atoms with Crippen LogP contribution >= 0.6 is 0 Å². The lowest BCUT2D eigenvalue weighted by atomic mass is 10.1. The van der Waals surface area contributed by atoms with Gasteiger partial charge in [-0.25, -0.2) is 0 Å². The van der Waals surface area contributed by atoms with Crippen molar-refractivity contribution in [2.75, 3.05) is 6.54 Å². The predicted molar refractivity (Wildman–Crippen MR) is 55.0 cm³/mol. The molecule has 1 aromatic carbocycles. The number of nitrogens with two attached hydrogens (primary N) is 1. The summed E-state index contributed by atoms with van der Waals surface area (Å²) in [5, 5.41) is 10.6. The molecule has 0 radical (unpaired) electrons. The molecule has 0 spiro atoms. The Morgan fingerprint density at radius 1 is 1.43 bits per heavy atom. The number of rotatable bonds is 2. The maximum absolute atomic E-state index is 9.59. The van der Waals surface area contributed by atoms with Crippen LogP contribution in [0.2, 0.25) is 0 Å². The average Bonchev–Trinajstić information content (AvgIpc) is 2.56. The van der Waals surface area contributed by atoms with Crippen LogP contribution in [0.15, 0.2) is 28.7 Å². The number of hydrogen-bond acceptors (Lipinski definition) is 3. The predicted octanol–water partition coefficient (Wildman–Crippen LogP) is 1.73. The first-order valence-corrected chi connectivity index (χ1v) is 4.60. The Balaban J connectivity index is 2.62. The van der Waals surface area contributed by atoms with Crippen LogP contribution in [0, 0.1) is 6.92 Å². The normalized spacial score (nSPS) is 13.4. The number of fused-ring (bicyclic) bond motifs is 1. The summed E-state index contributed by atoms with van der Waals surface area (Å²) in [5.74, 6) is 0.578. The maximum atomic E-state index is 9.59. The van der Waals surface area contributed by atoms with E-state index in [4.69, 9.17) is 10.2 Å². The molecule has 0 saturated heterocycles. The minimum atomic E-state index is -0.706. The molecule has 0 aliphatic heterocycles. The molecule has 0 saturated carbocycles. The van der Waals surface area contributed by atoms with Crippen LogP contribution in [0.3, 0.4) is 0 Å². The van der Waals surface area contributed by atoms with Crippen LogP contribution in [-0.2, 0) is 0 Å². The lowest BCUT2D eigenvalue weighted by Gasteiger charge is -2.03. The number of furan rings is 1. The molecular formula is C11H13NO2. The van der Waals surface area contributed by atoms with E-state index in [9.17, 15) is 5.11 Å². The number of benzene rings is 1. The van der Waals surface area contributed by atoms with Crippen molar-refractivity contribution in [3.05, 3.63) is 35.6 Å². The molecular weight excluding hydrogens is 178 g/mol. The number of aliphatic hydroxyl groups excluding tert-OH is 1. The van der Waals surface area contributed by atoms with Gasteiger partial charge in [0.05, 0.1) is 0 Å². The smallest absolute Gasteiger partial charge is 0.138 e. The fraction of sp³-hybridized carbons (Fsp3) is 0.273. The van der Waals surface area contributed by atoms with Crippen molar-refractivity contribution in [2.24, 2.45) is 5.73 Å². The molecule has 3 N–H and O–H groups in total. The minimum Gasteiger partial charge on any atom is -0.458 e. The monoisotopic (exact) mass is 191 g/mol. The first-order chi connectivity index (χ1) is 6.74. The number of aliphatic hydroxyl groups is 1. The molecule has 0 fully saturated rings. The van der Waals surface area contributed by atoms with Crippen molar-refractivity contribution in [1.29, 1.82) is 0 Å². The molecule has 1 aromatic heterocycles. The van der Waals surface area contributed by atoms with Crippen LogP contribution < -0.4 is 5.73 Å². The molecule has 1 heterocycles. The van der Waals surface area contributed by atoms with Gasteiger partial charge in [0.2, 0.25) is 0 Å². The fourth-order valence-electron chi connectivity index (χ4n) is 1.62. The second kappa shape index (κ2) is 3.44. The molecule has 0 unspecified atom stereocenters. The molecule has 2 aromatic rings. The highest BCUT2D eigenvalue weighted by Crippen LogP contribution is 2.28. The molecule has 3 nitrogen and oxygen atoms in total. The van der Waals surface area contributed by atoms with Gasteiger partial charge < -0.3 is 15.3 Å². The molecule has 14 heavy (non-hydrogen) atoms. The number of para-hydroxylation sites is 1. The Bertz CT molecular complexity index is 447. The highest BCUT2D eigenvalue weighted by atomic mass is 16.4. The topological polar surface area (TPSA) is 59.4 Å². The zero-order valence-corrected chi connectivity index (χ0v) is 8.03. The zero-order valence-electron chi connectivity index (χ0n) is 8.03. The largest absolute Gasteiger partial charge is 0.458 e.